The fourth-order valence-electron chi connectivity index (χ4n) is 1.79. The Hall–Kier alpha value is -1.82. The van der Waals surface area contributed by atoms with Gasteiger partial charge in [-0.3, -0.25) is 14.2 Å². The van der Waals surface area contributed by atoms with Crippen LogP contribution in [0.3, 0.4) is 0 Å². The molecule has 0 unspecified atom stereocenters. The van der Waals surface area contributed by atoms with Crippen LogP contribution >= 0.6 is 11.6 Å². The molecule has 0 aliphatic carbocycles. The Bertz CT molecular complexity index is 582. The number of halogens is 1. The van der Waals surface area contributed by atoms with Gasteiger partial charge in [0.15, 0.2) is 0 Å². The molecule has 2 heterocycles. The summed E-state index contributed by atoms with van der Waals surface area (Å²) in [4.78, 5) is 11.8. The Kier molecular flexibility index (Phi) is 3.90. The molecule has 102 valence electrons. The van der Waals surface area contributed by atoms with Gasteiger partial charge in [-0.1, -0.05) is 11.6 Å². The molecular formula is C12H16ClN5O. The predicted octanol–water partition coefficient (Wildman–Crippen LogP) is 1.20. The van der Waals surface area contributed by atoms with E-state index in [2.05, 4.69) is 15.5 Å². The summed E-state index contributed by atoms with van der Waals surface area (Å²) in [6.07, 6.45) is 3.54. The van der Waals surface area contributed by atoms with Gasteiger partial charge in [-0.2, -0.15) is 10.2 Å². The summed E-state index contributed by atoms with van der Waals surface area (Å²) in [5.41, 5.74) is 2.64. The van der Waals surface area contributed by atoms with E-state index in [1.807, 2.05) is 20.2 Å². The van der Waals surface area contributed by atoms with E-state index in [0.29, 0.717) is 11.6 Å². The fourth-order valence-corrected chi connectivity index (χ4v) is 1.94. The number of carbonyl (C=O) groups excluding carboxylic acids is 1. The number of rotatable bonds is 4. The molecule has 0 aromatic carbocycles. The topological polar surface area (TPSA) is 64.7 Å². The summed E-state index contributed by atoms with van der Waals surface area (Å²) < 4.78 is 3.26. The maximum Gasteiger partial charge on any atom is 0.242 e. The molecule has 0 radical (unpaired) electrons. The van der Waals surface area contributed by atoms with Gasteiger partial charge in [0.25, 0.3) is 0 Å². The monoisotopic (exact) mass is 281 g/mol. The highest BCUT2D eigenvalue weighted by atomic mass is 35.5. The van der Waals surface area contributed by atoms with Gasteiger partial charge in [0, 0.05) is 31.5 Å². The Morgan fingerprint density at radius 1 is 1.32 bits per heavy atom. The van der Waals surface area contributed by atoms with Gasteiger partial charge in [-0.05, 0) is 13.8 Å². The highest BCUT2D eigenvalue weighted by molar-refractivity contribution is 6.31. The molecule has 0 aliphatic rings. The minimum absolute atomic E-state index is 0.109. The van der Waals surface area contributed by atoms with E-state index in [1.54, 1.807) is 17.8 Å². The molecule has 0 bridgehead atoms. The van der Waals surface area contributed by atoms with Crippen molar-refractivity contribution in [2.45, 2.75) is 26.9 Å². The standard InChI is InChI=1S/C12H16ClN5O/c1-8-10(5-17(3)15-8)4-14-12(19)7-18-6-11(13)9(2)16-18/h5-6H,4,7H2,1-3H3,(H,14,19). The summed E-state index contributed by atoms with van der Waals surface area (Å²) in [6.45, 7) is 4.34. The van der Waals surface area contributed by atoms with Crippen LogP contribution in [0.1, 0.15) is 17.0 Å². The lowest BCUT2D eigenvalue weighted by Gasteiger charge is -2.04. The van der Waals surface area contributed by atoms with Gasteiger partial charge in [-0.15, -0.1) is 0 Å². The second kappa shape index (κ2) is 5.44. The van der Waals surface area contributed by atoms with E-state index in [-0.39, 0.29) is 12.5 Å². The van der Waals surface area contributed by atoms with E-state index in [0.717, 1.165) is 17.0 Å². The zero-order valence-electron chi connectivity index (χ0n) is 11.1. The van der Waals surface area contributed by atoms with Gasteiger partial charge in [0.2, 0.25) is 5.91 Å². The summed E-state index contributed by atoms with van der Waals surface area (Å²) in [6, 6.07) is 0. The number of nitrogens with one attached hydrogen (secondary N) is 1. The molecule has 0 atom stereocenters. The van der Waals surface area contributed by atoms with E-state index < -0.39 is 0 Å². The van der Waals surface area contributed by atoms with Crippen molar-refractivity contribution in [2.24, 2.45) is 7.05 Å². The summed E-state index contributed by atoms with van der Waals surface area (Å²) in [7, 11) is 1.85. The van der Waals surface area contributed by atoms with Crippen molar-refractivity contribution in [3.63, 3.8) is 0 Å². The van der Waals surface area contributed by atoms with Crippen molar-refractivity contribution < 1.29 is 4.79 Å². The lowest BCUT2D eigenvalue weighted by molar-refractivity contribution is -0.122. The minimum atomic E-state index is -0.109. The van der Waals surface area contributed by atoms with Crippen LogP contribution < -0.4 is 5.32 Å². The third-order valence-electron chi connectivity index (χ3n) is 2.78. The first-order valence-electron chi connectivity index (χ1n) is 5.91. The number of hydrogen-bond acceptors (Lipinski definition) is 3. The number of carbonyl (C=O) groups is 1. The van der Waals surface area contributed by atoms with Crippen molar-refractivity contribution >= 4 is 17.5 Å². The Morgan fingerprint density at radius 3 is 2.58 bits per heavy atom. The van der Waals surface area contributed by atoms with Gasteiger partial charge < -0.3 is 5.32 Å². The number of aromatic nitrogens is 4. The average molecular weight is 282 g/mol. The molecule has 0 saturated heterocycles. The predicted molar refractivity (Wildman–Crippen MR) is 71.8 cm³/mol. The molecule has 1 N–H and O–H groups in total. The molecule has 2 rings (SSSR count). The van der Waals surface area contributed by atoms with Crippen LogP contribution in [0.2, 0.25) is 5.02 Å². The molecule has 7 heteroatoms. The molecule has 6 nitrogen and oxygen atoms in total. The van der Waals surface area contributed by atoms with E-state index in [4.69, 9.17) is 11.6 Å². The van der Waals surface area contributed by atoms with Crippen LogP contribution in [0.5, 0.6) is 0 Å². The molecule has 0 fully saturated rings. The minimum Gasteiger partial charge on any atom is -0.350 e. The summed E-state index contributed by atoms with van der Waals surface area (Å²) in [5.74, 6) is -0.109. The zero-order valence-corrected chi connectivity index (χ0v) is 11.9. The van der Waals surface area contributed by atoms with Crippen LogP contribution in [-0.4, -0.2) is 25.5 Å². The summed E-state index contributed by atoms with van der Waals surface area (Å²) in [5, 5.41) is 11.8. The largest absolute Gasteiger partial charge is 0.350 e. The highest BCUT2D eigenvalue weighted by Gasteiger charge is 2.08. The van der Waals surface area contributed by atoms with Crippen LogP contribution in [0.25, 0.3) is 0 Å². The smallest absolute Gasteiger partial charge is 0.242 e. The van der Waals surface area contributed by atoms with Crippen molar-refractivity contribution in [1.82, 2.24) is 24.9 Å². The SMILES string of the molecule is Cc1nn(CC(=O)NCc2cn(C)nc2C)cc1Cl. The fraction of sp³-hybridized carbons (Fsp3) is 0.417. The van der Waals surface area contributed by atoms with Gasteiger partial charge in [0.1, 0.15) is 6.54 Å². The van der Waals surface area contributed by atoms with Crippen LogP contribution in [0, 0.1) is 13.8 Å². The van der Waals surface area contributed by atoms with E-state index in [9.17, 15) is 4.79 Å². The normalized spacial score (nSPS) is 10.7. The maximum atomic E-state index is 11.8. The Balaban J connectivity index is 1.90. The first-order valence-corrected chi connectivity index (χ1v) is 6.29. The second-order valence-electron chi connectivity index (χ2n) is 4.45. The molecule has 1 amide bonds. The van der Waals surface area contributed by atoms with Crippen LogP contribution in [0.4, 0.5) is 0 Å². The lowest BCUT2D eigenvalue weighted by Crippen LogP contribution is -2.27. The lowest BCUT2D eigenvalue weighted by atomic mass is 10.2. The maximum absolute atomic E-state index is 11.8. The zero-order chi connectivity index (χ0) is 14.0. The molecule has 0 saturated carbocycles. The molecule has 2 aromatic rings. The summed E-state index contributed by atoms with van der Waals surface area (Å²) >= 11 is 5.88. The molecule has 0 aliphatic heterocycles. The van der Waals surface area contributed by atoms with E-state index >= 15 is 0 Å². The van der Waals surface area contributed by atoms with Crippen LogP contribution in [0.15, 0.2) is 12.4 Å². The van der Waals surface area contributed by atoms with Gasteiger partial charge in [0.05, 0.1) is 16.4 Å². The number of nitrogens with zero attached hydrogens (tertiary/aromatic N) is 4. The molecule has 19 heavy (non-hydrogen) atoms. The highest BCUT2D eigenvalue weighted by Crippen LogP contribution is 2.11. The molecule has 0 spiro atoms. The number of aryl methyl sites for hydroxylation is 3. The average Bonchev–Trinajstić information content (AvgIpc) is 2.79. The van der Waals surface area contributed by atoms with Crippen molar-refractivity contribution in [2.75, 3.05) is 0 Å². The van der Waals surface area contributed by atoms with Crippen molar-refractivity contribution in [3.05, 3.63) is 34.4 Å². The van der Waals surface area contributed by atoms with Crippen molar-refractivity contribution in [3.8, 4) is 0 Å². The Morgan fingerprint density at radius 2 is 2.05 bits per heavy atom. The van der Waals surface area contributed by atoms with Gasteiger partial charge >= 0.3 is 0 Å². The number of hydrogen-bond donors (Lipinski definition) is 1. The van der Waals surface area contributed by atoms with Crippen LogP contribution in [-0.2, 0) is 24.9 Å². The van der Waals surface area contributed by atoms with Crippen molar-refractivity contribution in [1.29, 1.82) is 0 Å². The van der Waals surface area contributed by atoms with E-state index in [1.165, 1.54) is 4.68 Å². The molecule has 2 aromatic heterocycles. The van der Waals surface area contributed by atoms with Gasteiger partial charge in [-0.25, -0.2) is 0 Å². The second-order valence-corrected chi connectivity index (χ2v) is 4.86. The Labute approximate surface area is 116 Å². The third kappa shape index (κ3) is 3.35. The quantitative estimate of drug-likeness (QED) is 0.916. The first-order chi connectivity index (χ1) is 8.95. The first kappa shape index (κ1) is 13.6. The molecular weight excluding hydrogens is 266 g/mol. The third-order valence-corrected chi connectivity index (χ3v) is 3.15. The number of amides is 1.